The number of hydrogen-bond donors (Lipinski definition) is 1. The molecule has 5 nitrogen and oxygen atoms in total. The lowest BCUT2D eigenvalue weighted by Crippen LogP contribution is -2.08. The van der Waals surface area contributed by atoms with Crippen molar-refractivity contribution in [1.82, 2.24) is 9.55 Å². The summed E-state index contributed by atoms with van der Waals surface area (Å²) in [6.45, 7) is 4.02. The molecule has 1 aromatic heterocycles. The van der Waals surface area contributed by atoms with E-state index in [0.29, 0.717) is 19.6 Å². The lowest BCUT2D eigenvalue weighted by atomic mass is 10.1. The first kappa shape index (κ1) is 17.5. The smallest absolute Gasteiger partial charge is 0.119 e. The van der Waals surface area contributed by atoms with E-state index in [9.17, 15) is 0 Å². The van der Waals surface area contributed by atoms with E-state index in [1.165, 1.54) is 0 Å². The maximum atomic E-state index is 9.15. The molecular weight excluding hydrogens is 316 g/mol. The minimum atomic E-state index is -0.0682. The number of para-hydroxylation sites is 2. The van der Waals surface area contributed by atoms with Gasteiger partial charge in [0.05, 0.1) is 30.0 Å². The monoisotopic (exact) mass is 340 g/mol. The van der Waals surface area contributed by atoms with Gasteiger partial charge in [-0.15, -0.1) is 0 Å². The summed E-state index contributed by atoms with van der Waals surface area (Å²) >= 11 is 0. The van der Waals surface area contributed by atoms with Crippen LogP contribution in [0.2, 0.25) is 0 Å². The third-order valence-corrected chi connectivity index (χ3v) is 4.14. The Bertz CT molecular complexity index is 777. The number of imidazole rings is 1. The number of ether oxygens (including phenoxy) is 2. The first-order valence-electron chi connectivity index (χ1n) is 8.67. The highest BCUT2D eigenvalue weighted by Gasteiger charge is 2.10. The maximum Gasteiger partial charge on any atom is 0.119 e. The van der Waals surface area contributed by atoms with Crippen LogP contribution in [-0.4, -0.2) is 34.5 Å². The van der Waals surface area contributed by atoms with E-state index in [1.807, 2.05) is 55.7 Å². The minimum absolute atomic E-state index is 0.0682. The van der Waals surface area contributed by atoms with E-state index in [1.54, 1.807) is 0 Å². The maximum absolute atomic E-state index is 9.15. The third-order valence-electron chi connectivity index (χ3n) is 4.14. The Kier molecular flexibility index (Phi) is 6.04. The first-order chi connectivity index (χ1) is 12.3. The van der Waals surface area contributed by atoms with Crippen molar-refractivity contribution < 1.29 is 14.6 Å². The summed E-state index contributed by atoms with van der Waals surface area (Å²) in [5, 5.41) is 9.15. The molecule has 0 amide bonds. The summed E-state index contributed by atoms with van der Waals surface area (Å²) in [5.74, 6) is 0.826. The fourth-order valence-corrected chi connectivity index (χ4v) is 2.89. The van der Waals surface area contributed by atoms with Crippen molar-refractivity contribution in [2.24, 2.45) is 0 Å². The summed E-state index contributed by atoms with van der Waals surface area (Å²) in [7, 11) is 0. The molecule has 1 heterocycles. The molecule has 132 valence electrons. The van der Waals surface area contributed by atoms with Gasteiger partial charge in [0, 0.05) is 19.6 Å². The van der Waals surface area contributed by atoms with E-state index in [4.69, 9.17) is 14.6 Å². The molecule has 5 heteroatoms. The van der Waals surface area contributed by atoms with Gasteiger partial charge in [0.2, 0.25) is 0 Å². The quantitative estimate of drug-likeness (QED) is 0.647. The normalized spacial score (nSPS) is 12.4. The second-order valence-electron chi connectivity index (χ2n) is 5.80. The topological polar surface area (TPSA) is 56.5 Å². The van der Waals surface area contributed by atoms with Gasteiger partial charge in [0.25, 0.3) is 0 Å². The van der Waals surface area contributed by atoms with Crippen molar-refractivity contribution in [3.63, 3.8) is 0 Å². The van der Waals surface area contributed by atoms with Gasteiger partial charge < -0.3 is 19.1 Å². The third kappa shape index (κ3) is 4.38. The summed E-state index contributed by atoms with van der Waals surface area (Å²) < 4.78 is 13.6. The number of rotatable bonds is 9. The number of aliphatic hydroxyl groups is 1. The van der Waals surface area contributed by atoms with Crippen LogP contribution in [0, 0.1) is 0 Å². The molecule has 0 saturated heterocycles. The number of hydrogen-bond acceptors (Lipinski definition) is 4. The molecule has 0 saturated carbocycles. The van der Waals surface area contributed by atoms with Gasteiger partial charge in [-0.05, 0) is 36.8 Å². The Morgan fingerprint density at radius 1 is 1.12 bits per heavy atom. The number of aromatic nitrogens is 2. The predicted octanol–water partition coefficient (Wildman–Crippen LogP) is 3.58. The number of fused-ring (bicyclic) bond motifs is 1. The van der Waals surface area contributed by atoms with Crippen LogP contribution in [0.15, 0.2) is 54.9 Å². The van der Waals surface area contributed by atoms with Crippen molar-refractivity contribution in [2.75, 3.05) is 19.8 Å². The van der Waals surface area contributed by atoms with E-state index in [-0.39, 0.29) is 12.7 Å². The summed E-state index contributed by atoms with van der Waals surface area (Å²) in [6.07, 6.45) is 2.38. The fraction of sp³-hybridized carbons (Fsp3) is 0.350. The SMILES string of the molecule is CCOC(CCO)c1ccc(OCCn2cnc3ccccc32)cc1. The average molecular weight is 340 g/mol. The molecule has 3 aromatic rings. The number of aliphatic hydroxyl groups excluding tert-OH is 1. The molecule has 0 aliphatic carbocycles. The molecule has 0 aliphatic heterocycles. The van der Waals surface area contributed by atoms with Gasteiger partial charge in [-0.25, -0.2) is 4.98 Å². The van der Waals surface area contributed by atoms with E-state index >= 15 is 0 Å². The minimum Gasteiger partial charge on any atom is -0.492 e. The first-order valence-corrected chi connectivity index (χ1v) is 8.67. The highest BCUT2D eigenvalue weighted by Crippen LogP contribution is 2.23. The van der Waals surface area contributed by atoms with E-state index in [2.05, 4.69) is 15.6 Å². The summed E-state index contributed by atoms with van der Waals surface area (Å²) in [6, 6.07) is 16.0. The van der Waals surface area contributed by atoms with Crippen molar-refractivity contribution in [1.29, 1.82) is 0 Å². The molecule has 0 radical (unpaired) electrons. The van der Waals surface area contributed by atoms with Crippen LogP contribution in [0.1, 0.15) is 25.0 Å². The van der Waals surface area contributed by atoms with Crippen LogP contribution in [-0.2, 0) is 11.3 Å². The molecule has 1 atom stereocenters. The standard InChI is InChI=1S/C20H24N2O3/c1-2-24-20(11-13-23)16-7-9-17(10-8-16)25-14-12-22-15-21-18-5-3-4-6-19(18)22/h3-10,15,20,23H,2,11-14H2,1H3. The Hall–Kier alpha value is -2.37. The molecule has 1 unspecified atom stereocenters. The van der Waals surface area contributed by atoms with Crippen molar-refractivity contribution in [3.8, 4) is 5.75 Å². The largest absolute Gasteiger partial charge is 0.492 e. The van der Waals surface area contributed by atoms with Crippen molar-refractivity contribution in [2.45, 2.75) is 26.0 Å². The van der Waals surface area contributed by atoms with Gasteiger partial charge in [0.15, 0.2) is 0 Å². The Labute approximate surface area is 147 Å². The molecule has 3 rings (SSSR count). The molecule has 0 aliphatic rings. The average Bonchev–Trinajstić information content (AvgIpc) is 3.06. The Morgan fingerprint density at radius 3 is 2.68 bits per heavy atom. The second kappa shape index (κ2) is 8.65. The zero-order valence-electron chi connectivity index (χ0n) is 14.5. The lowest BCUT2D eigenvalue weighted by molar-refractivity contribution is 0.0432. The van der Waals surface area contributed by atoms with Crippen LogP contribution >= 0.6 is 0 Å². The van der Waals surface area contributed by atoms with Gasteiger partial charge in [-0.1, -0.05) is 24.3 Å². The van der Waals surface area contributed by atoms with Crippen LogP contribution in [0.3, 0.4) is 0 Å². The summed E-state index contributed by atoms with van der Waals surface area (Å²) in [4.78, 5) is 4.38. The van der Waals surface area contributed by atoms with Crippen LogP contribution in [0.4, 0.5) is 0 Å². The van der Waals surface area contributed by atoms with Gasteiger partial charge in [0.1, 0.15) is 12.4 Å². The molecule has 0 spiro atoms. The number of benzene rings is 2. The Morgan fingerprint density at radius 2 is 1.92 bits per heavy atom. The predicted molar refractivity (Wildman–Crippen MR) is 97.7 cm³/mol. The van der Waals surface area contributed by atoms with Gasteiger partial charge in [-0.2, -0.15) is 0 Å². The zero-order valence-corrected chi connectivity index (χ0v) is 14.5. The molecule has 2 aromatic carbocycles. The van der Waals surface area contributed by atoms with E-state index in [0.717, 1.165) is 28.9 Å². The Balaban J connectivity index is 1.56. The molecular formula is C20H24N2O3. The van der Waals surface area contributed by atoms with Crippen LogP contribution in [0.5, 0.6) is 5.75 Å². The molecule has 25 heavy (non-hydrogen) atoms. The van der Waals surface area contributed by atoms with Crippen LogP contribution < -0.4 is 4.74 Å². The molecule has 0 fully saturated rings. The van der Waals surface area contributed by atoms with Crippen LogP contribution in [0.25, 0.3) is 11.0 Å². The van der Waals surface area contributed by atoms with Gasteiger partial charge in [-0.3, -0.25) is 0 Å². The van der Waals surface area contributed by atoms with Gasteiger partial charge >= 0.3 is 0 Å². The lowest BCUT2D eigenvalue weighted by Gasteiger charge is -2.16. The van der Waals surface area contributed by atoms with E-state index < -0.39 is 0 Å². The summed E-state index contributed by atoms with van der Waals surface area (Å²) in [5.41, 5.74) is 3.17. The highest BCUT2D eigenvalue weighted by atomic mass is 16.5. The fourth-order valence-electron chi connectivity index (χ4n) is 2.89. The molecule has 1 N–H and O–H groups in total. The number of nitrogens with zero attached hydrogens (tertiary/aromatic N) is 2. The highest BCUT2D eigenvalue weighted by molar-refractivity contribution is 5.74. The molecule has 0 bridgehead atoms. The zero-order chi connectivity index (χ0) is 17.5. The van der Waals surface area contributed by atoms with Crippen molar-refractivity contribution in [3.05, 3.63) is 60.4 Å². The van der Waals surface area contributed by atoms with Crippen molar-refractivity contribution >= 4 is 11.0 Å². The second-order valence-corrected chi connectivity index (χ2v) is 5.80.